The number of furan rings is 1. The van der Waals surface area contributed by atoms with Gasteiger partial charge in [-0.25, -0.2) is 0 Å². The van der Waals surface area contributed by atoms with Crippen molar-refractivity contribution in [3.8, 4) is 0 Å². The third-order valence-corrected chi connectivity index (χ3v) is 5.47. The van der Waals surface area contributed by atoms with E-state index >= 15 is 0 Å². The van der Waals surface area contributed by atoms with Gasteiger partial charge in [-0.3, -0.25) is 4.79 Å². The molecule has 2 aliphatic rings. The van der Waals surface area contributed by atoms with Gasteiger partial charge in [-0.15, -0.1) is 0 Å². The molecule has 0 radical (unpaired) electrons. The molecule has 1 aromatic rings. The lowest BCUT2D eigenvalue weighted by Crippen LogP contribution is -2.62. The van der Waals surface area contributed by atoms with Crippen molar-refractivity contribution < 1.29 is 19.1 Å². The van der Waals surface area contributed by atoms with E-state index in [4.69, 9.17) is 9.15 Å². The highest BCUT2D eigenvalue weighted by atomic mass is 16.5. The van der Waals surface area contributed by atoms with Gasteiger partial charge in [0.25, 0.3) is 5.91 Å². The minimum Gasteiger partial charge on any atom is -0.456 e. The minimum absolute atomic E-state index is 0.0483. The molecule has 1 aliphatic carbocycles. The highest BCUT2D eigenvalue weighted by Crippen LogP contribution is 2.51. The maximum absolute atomic E-state index is 12.5. The summed E-state index contributed by atoms with van der Waals surface area (Å²) >= 11 is 0. The van der Waals surface area contributed by atoms with Crippen LogP contribution in [0.1, 0.15) is 48.1 Å². The van der Waals surface area contributed by atoms with Gasteiger partial charge in [-0.2, -0.15) is 0 Å². The molecule has 0 bridgehead atoms. The molecule has 22 heavy (non-hydrogen) atoms. The number of aryl methyl sites for hydroxylation is 2. The molecule has 1 saturated carbocycles. The molecule has 5 heteroatoms. The van der Waals surface area contributed by atoms with Crippen LogP contribution in [0.25, 0.3) is 0 Å². The van der Waals surface area contributed by atoms with E-state index in [0.29, 0.717) is 25.5 Å². The van der Waals surface area contributed by atoms with Gasteiger partial charge in [0.15, 0.2) is 5.76 Å². The van der Waals surface area contributed by atoms with Crippen LogP contribution in [-0.2, 0) is 4.74 Å². The van der Waals surface area contributed by atoms with E-state index in [0.717, 1.165) is 30.6 Å². The first-order chi connectivity index (χ1) is 10.5. The molecule has 0 aromatic carbocycles. The number of carbonyl (C=O) groups is 1. The summed E-state index contributed by atoms with van der Waals surface area (Å²) in [6.45, 7) is 7.77. The van der Waals surface area contributed by atoms with Crippen LogP contribution in [0.2, 0.25) is 0 Å². The number of hydrogen-bond acceptors (Lipinski definition) is 4. The molecule has 1 saturated heterocycles. The standard InChI is InChI=1S/C17H25NO4/c1-4-21-15-10-14(19)17(15)5-7-18(8-6-17)16(20)13-9-11(2)12(3)22-13/h9,14-15,19H,4-8,10H2,1-3H3. The molecule has 5 nitrogen and oxygen atoms in total. The second-order valence-electron chi connectivity index (χ2n) is 6.57. The van der Waals surface area contributed by atoms with Gasteiger partial charge in [-0.1, -0.05) is 0 Å². The smallest absolute Gasteiger partial charge is 0.289 e. The van der Waals surface area contributed by atoms with Crippen molar-refractivity contribution in [1.82, 2.24) is 4.90 Å². The largest absolute Gasteiger partial charge is 0.456 e. The lowest BCUT2D eigenvalue weighted by Gasteiger charge is -2.56. The number of piperidine rings is 1. The Bertz CT molecular complexity index is 536. The lowest BCUT2D eigenvalue weighted by molar-refractivity contribution is -0.207. The van der Waals surface area contributed by atoms with E-state index in [1.54, 1.807) is 0 Å². The van der Waals surface area contributed by atoms with Crippen LogP contribution in [0.15, 0.2) is 10.5 Å². The molecular formula is C17H25NO4. The second-order valence-corrected chi connectivity index (χ2v) is 6.57. The number of aliphatic hydroxyl groups is 1. The summed E-state index contributed by atoms with van der Waals surface area (Å²) in [4.78, 5) is 14.3. The Morgan fingerprint density at radius 2 is 2.14 bits per heavy atom. The number of likely N-dealkylation sites (tertiary alicyclic amines) is 1. The van der Waals surface area contributed by atoms with Crippen LogP contribution in [0.3, 0.4) is 0 Å². The third-order valence-electron chi connectivity index (χ3n) is 5.47. The second kappa shape index (κ2) is 5.70. The van der Waals surface area contributed by atoms with E-state index in [9.17, 15) is 9.90 Å². The summed E-state index contributed by atoms with van der Waals surface area (Å²) < 4.78 is 11.3. The van der Waals surface area contributed by atoms with Gasteiger partial charge >= 0.3 is 0 Å². The summed E-state index contributed by atoms with van der Waals surface area (Å²) in [7, 11) is 0. The van der Waals surface area contributed by atoms with Crippen LogP contribution in [0.5, 0.6) is 0 Å². The van der Waals surface area contributed by atoms with Gasteiger partial charge in [0, 0.05) is 31.5 Å². The van der Waals surface area contributed by atoms with Gasteiger partial charge in [-0.05, 0) is 45.2 Å². The molecule has 2 atom stereocenters. The first-order valence-electron chi connectivity index (χ1n) is 8.14. The van der Waals surface area contributed by atoms with Crippen LogP contribution in [0.4, 0.5) is 0 Å². The monoisotopic (exact) mass is 307 g/mol. The summed E-state index contributed by atoms with van der Waals surface area (Å²) in [6, 6.07) is 1.81. The van der Waals surface area contributed by atoms with Crippen molar-refractivity contribution in [2.75, 3.05) is 19.7 Å². The van der Waals surface area contributed by atoms with Crippen LogP contribution < -0.4 is 0 Å². The number of ether oxygens (including phenoxy) is 1. The van der Waals surface area contributed by atoms with Gasteiger partial charge in [0.2, 0.25) is 0 Å². The zero-order valence-electron chi connectivity index (χ0n) is 13.6. The van der Waals surface area contributed by atoms with Crippen molar-refractivity contribution in [2.45, 2.75) is 52.2 Å². The third kappa shape index (κ3) is 2.36. The molecule has 2 fully saturated rings. The fraction of sp³-hybridized carbons (Fsp3) is 0.706. The Hall–Kier alpha value is -1.33. The summed E-state index contributed by atoms with van der Waals surface area (Å²) in [5, 5.41) is 10.2. The quantitative estimate of drug-likeness (QED) is 0.930. The van der Waals surface area contributed by atoms with Gasteiger partial charge < -0.3 is 19.2 Å². The molecule has 122 valence electrons. The Morgan fingerprint density at radius 1 is 1.45 bits per heavy atom. The maximum Gasteiger partial charge on any atom is 0.289 e. The fourth-order valence-corrected chi connectivity index (χ4v) is 3.78. The summed E-state index contributed by atoms with van der Waals surface area (Å²) in [5.41, 5.74) is 0.851. The zero-order chi connectivity index (χ0) is 15.9. The van der Waals surface area contributed by atoms with E-state index in [1.165, 1.54) is 0 Å². The Labute approximate surface area is 131 Å². The molecule has 2 heterocycles. The normalized spacial score (nSPS) is 27.0. The Balaban J connectivity index is 1.65. The van der Waals surface area contributed by atoms with Crippen molar-refractivity contribution in [1.29, 1.82) is 0 Å². The van der Waals surface area contributed by atoms with Crippen molar-refractivity contribution >= 4 is 5.91 Å². The molecule has 1 amide bonds. The number of aliphatic hydroxyl groups excluding tert-OH is 1. The maximum atomic E-state index is 12.5. The molecule has 3 rings (SSSR count). The Kier molecular flexibility index (Phi) is 4.03. The van der Waals surface area contributed by atoms with Crippen molar-refractivity contribution in [3.05, 3.63) is 23.2 Å². The Morgan fingerprint density at radius 3 is 2.64 bits per heavy atom. The summed E-state index contributed by atoms with van der Waals surface area (Å²) in [5.74, 6) is 1.16. The van der Waals surface area contributed by atoms with E-state index in [1.807, 2.05) is 31.7 Å². The molecule has 1 spiro atoms. The number of nitrogens with zero attached hydrogens (tertiary/aromatic N) is 1. The highest BCUT2D eigenvalue weighted by molar-refractivity contribution is 5.91. The first kappa shape index (κ1) is 15.6. The predicted molar refractivity (Wildman–Crippen MR) is 81.8 cm³/mol. The number of hydrogen-bond donors (Lipinski definition) is 1. The zero-order valence-corrected chi connectivity index (χ0v) is 13.6. The van der Waals surface area contributed by atoms with Crippen LogP contribution in [0, 0.1) is 19.3 Å². The molecule has 1 aliphatic heterocycles. The van der Waals surface area contributed by atoms with E-state index < -0.39 is 0 Å². The fourth-order valence-electron chi connectivity index (χ4n) is 3.78. The molecule has 2 unspecified atom stereocenters. The topological polar surface area (TPSA) is 62.9 Å². The molecule has 1 aromatic heterocycles. The highest BCUT2D eigenvalue weighted by Gasteiger charge is 2.56. The summed E-state index contributed by atoms with van der Waals surface area (Å²) in [6.07, 6.45) is 2.15. The minimum atomic E-state index is -0.297. The lowest BCUT2D eigenvalue weighted by atomic mass is 9.58. The van der Waals surface area contributed by atoms with Crippen molar-refractivity contribution in [2.24, 2.45) is 5.41 Å². The number of amides is 1. The molecular weight excluding hydrogens is 282 g/mol. The SMILES string of the molecule is CCOC1CC(O)C12CCN(C(=O)c1cc(C)c(C)o1)CC2. The first-order valence-corrected chi connectivity index (χ1v) is 8.14. The van der Waals surface area contributed by atoms with Crippen LogP contribution >= 0.6 is 0 Å². The predicted octanol–water partition coefficient (Wildman–Crippen LogP) is 2.29. The van der Waals surface area contributed by atoms with Crippen LogP contribution in [-0.4, -0.2) is 47.8 Å². The van der Waals surface area contributed by atoms with E-state index in [-0.39, 0.29) is 23.5 Å². The van der Waals surface area contributed by atoms with Crippen molar-refractivity contribution in [3.63, 3.8) is 0 Å². The van der Waals surface area contributed by atoms with Gasteiger partial charge in [0.1, 0.15) is 5.76 Å². The number of rotatable bonds is 3. The van der Waals surface area contributed by atoms with E-state index in [2.05, 4.69) is 0 Å². The van der Waals surface area contributed by atoms with Gasteiger partial charge in [0.05, 0.1) is 12.2 Å². The molecule has 1 N–H and O–H groups in total. The number of carbonyl (C=O) groups excluding carboxylic acids is 1. The average molecular weight is 307 g/mol. The average Bonchev–Trinajstić information content (AvgIpc) is 2.86.